The zero-order valence-corrected chi connectivity index (χ0v) is 8.52. The molecule has 1 aromatic rings. The van der Waals surface area contributed by atoms with Crippen LogP contribution in [0, 0.1) is 0 Å². The predicted molar refractivity (Wildman–Crippen MR) is 54.7 cm³/mol. The number of halogens is 2. The number of rotatable bonds is 5. The average Bonchev–Trinajstić information content (AvgIpc) is 2.27. The van der Waals surface area contributed by atoms with Crippen molar-refractivity contribution in [1.29, 1.82) is 0 Å². The number of allylic oxidation sites excluding steroid dienone is 1. The Morgan fingerprint density at radius 1 is 1.38 bits per heavy atom. The first kappa shape index (κ1) is 12.2. The van der Waals surface area contributed by atoms with Crippen LogP contribution in [0.25, 0.3) is 6.08 Å². The number of carbonyl (C=O) groups excluding carboxylic acids is 1. The van der Waals surface area contributed by atoms with Crippen LogP contribution in [0.2, 0.25) is 0 Å². The third-order valence-corrected chi connectivity index (χ3v) is 1.79. The Morgan fingerprint density at radius 2 is 2.12 bits per heavy atom. The Morgan fingerprint density at radius 3 is 2.69 bits per heavy atom. The molecule has 0 radical (unpaired) electrons. The van der Waals surface area contributed by atoms with Gasteiger partial charge in [-0.25, -0.2) is 0 Å². The minimum Gasteiger partial charge on any atom is -0.493 e. The quantitative estimate of drug-likeness (QED) is 0.573. The van der Waals surface area contributed by atoms with Crippen molar-refractivity contribution in [3.63, 3.8) is 0 Å². The van der Waals surface area contributed by atoms with Gasteiger partial charge >= 0.3 is 6.61 Å². The van der Waals surface area contributed by atoms with E-state index in [1.165, 1.54) is 25.3 Å². The van der Waals surface area contributed by atoms with Crippen LogP contribution < -0.4 is 9.47 Å². The standard InChI is InChI=1S/C11H10F2O3/c1-15-9-6-2-4-8(5-3-7-14)10(9)16-11(12)13/h2-7,11H,1H3. The number of para-hydroxylation sites is 1. The molecular formula is C11H10F2O3. The molecule has 0 saturated carbocycles. The van der Waals surface area contributed by atoms with E-state index in [-0.39, 0.29) is 11.5 Å². The first-order chi connectivity index (χ1) is 7.69. The van der Waals surface area contributed by atoms with Crippen molar-refractivity contribution in [2.24, 2.45) is 0 Å². The van der Waals surface area contributed by atoms with Crippen molar-refractivity contribution in [2.75, 3.05) is 7.11 Å². The Hall–Kier alpha value is -1.91. The van der Waals surface area contributed by atoms with Crippen molar-refractivity contribution in [1.82, 2.24) is 0 Å². The molecule has 0 heterocycles. The van der Waals surface area contributed by atoms with Gasteiger partial charge in [0.1, 0.15) is 6.29 Å². The summed E-state index contributed by atoms with van der Waals surface area (Å²) in [6.07, 6.45) is 3.10. The highest BCUT2D eigenvalue weighted by molar-refractivity contribution is 5.76. The number of hydrogen-bond donors (Lipinski definition) is 0. The first-order valence-corrected chi connectivity index (χ1v) is 4.42. The number of aldehydes is 1. The van der Waals surface area contributed by atoms with Crippen LogP contribution >= 0.6 is 0 Å². The summed E-state index contributed by atoms with van der Waals surface area (Å²) in [6, 6.07) is 4.65. The smallest absolute Gasteiger partial charge is 0.387 e. The molecule has 5 heteroatoms. The molecule has 0 bridgehead atoms. The molecule has 0 amide bonds. The molecule has 0 atom stereocenters. The lowest BCUT2D eigenvalue weighted by molar-refractivity contribution is -0.104. The molecule has 0 saturated heterocycles. The fourth-order valence-electron chi connectivity index (χ4n) is 1.18. The molecule has 0 N–H and O–H groups in total. The van der Waals surface area contributed by atoms with Gasteiger partial charge in [0, 0.05) is 5.56 Å². The predicted octanol–water partition coefficient (Wildman–Crippen LogP) is 2.51. The third kappa shape index (κ3) is 3.05. The molecule has 0 aliphatic heterocycles. The number of alkyl halides is 2. The topological polar surface area (TPSA) is 35.5 Å². The van der Waals surface area contributed by atoms with Gasteiger partial charge in [0.2, 0.25) is 0 Å². The lowest BCUT2D eigenvalue weighted by Crippen LogP contribution is -2.04. The van der Waals surface area contributed by atoms with Crippen LogP contribution in [0.4, 0.5) is 8.78 Å². The van der Waals surface area contributed by atoms with Gasteiger partial charge in [-0.1, -0.05) is 12.1 Å². The largest absolute Gasteiger partial charge is 0.493 e. The van der Waals surface area contributed by atoms with Crippen LogP contribution in [0.15, 0.2) is 24.3 Å². The molecule has 1 rings (SSSR count). The van der Waals surface area contributed by atoms with E-state index in [0.717, 1.165) is 0 Å². The second kappa shape index (κ2) is 5.85. The maximum atomic E-state index is 12.2. The Kier molecular flexibility index (Phi) is 4.44. The molecule has 0 aliphatic carbocycles. The van der Waals surface area contributed by atoms with Crippen LogP contribution in [-0.4, -0.2) is 20.0 Å². The van der Waals surface area contributed by atoms with Crippen LogP contribution in [-0.2, 0) is 4.79 Å². The summed E-state index contributed by atoms with van der Waals surface area (Å²) in [4.78, 5) is 10.2. The van der Waals surface area contributed by atoms with E-state index >= 15 is 0 Å². The minimum atomic E-state index is -2.94. The number of carbonyl (C=O) groups is 1. The summed E-state index contributed by atoms with van der Waals surface area (Å²) >= 11 is 0. The highest BCUT2D eigenvalue weighted by Gasteiger charge is 2.13. The molecule has 86 valence electrons. The zero-order chi connectivity index (χ0) is 12.0. The zero-order valence-electron chi connectivity index (χ0n) is 8.52. The van der Waals surface area contributed by atoms with E-state index < -0.39 is 6.61 Å². The molecule has 0 aromatic heterocycles. The summed E-state index contributed by atoms with van der Waals surface area (Å²) in [5.41, 5.74) is 0.353. The van der Waals surface area contributed by atoms with Gasteiger partial charge in [-0.3, -0.25) is 4.79 Å². The van der Waals surface area contributed by atoms with Crippen LogP contribution in [0.5, 0.6) is 11.5 Å². The fourth-order valence-corrected chi connectivity index (χ4v) is 1.18. The second-order valence-electron chi connectivity index (χ2n) is 2.75. The van der Waals surface area contributed by atoms with Crippen LogP contribution in [0.3, 0.4) is 0 Å². The Labute approximate surface area is 91.3 Å². The second-order valence-corrected chi connectivity index (χ2v) is 2.75. The van der Waals surface area contributed by atoms with Crippen molar-refractivity contribution in [2.45, 2.75) is 6.61 Å². The lowest BCUT2D eigenvalue weighted by atomic mass is 10.1. The van der Waals surface area contributed by atoms with Gasteiger partial charge in [-0.05, 0) is 18.2 Å². The molecule has 0 unspecified atom stereocenters. The van der Waals surface area contributed by atoms with Gasteiger partial charge in [0.25, 0.3) is 0 Å². The molecular weight excluding hydrogens is 218 g/mol. The fraction of sp³-hybridized carbons (Fsp3) is 0.182. The van der Waals surface area contributed by atoms with Crippen molar-refractivity contribution in [3.8, 4) is 11.5 Å². The SMILES string of the molecule is COc1cccc(C=CC=O)c1OC(F)F. The Bertz CT molecular complexity index is 389. The van der Waals surface area contributed by atoms with Gasteiger partial charge in [0.15, 0.2) is 11.5 Å². The molecule has 0 aliphatic rings. The average molecular weight is 228 g/mol. The van der Waals surface area contributed by atoms with E-state index in [1.807, 2.05) is 0 Å². The summed E-state index contributed by atoms with van der Waals surface area (Å²) in [5.74, 6) is 0.103. The van der Waals surface area contributed by atoms with Gasteiger partial charge in [-0.15, -0.1) is 0 Å². The lowest BCUT2D eigenvalue weighted by Gasteiger charge is -2.12. The van der Waals surface area contributed by atoms with Gasteiger partial charge < -0.3 is 9.47 Å². The summed E-state index contributed by atoms with van der Waals surface area (Å²) in [7, 11) is 1.35. The van der Waals surface area contributed by atoms with E-state index in [9.17, 15) is 13.6 Å². The van der Waals surface area contributed by atoms with Gasteiger partial charge in [0.05, 0.1) is 7.11 Å². The molecule has 0 spiro atoms. The molecule has 1 aromatic carbocycles. The normalized spacial score (nSPS) is 10.8. The maximum Gasteiger partial charge on any atom is 0.387 e. The molecule has 3 nitrogen and oxygen atoms in total. The van der Waals surface area contributed by atoms with E-state index in [0.29, 0.717) is 11.8 Å². The van der Waals surface area contributed by atoms with Crippen molar-refractivity contribution >= 4 is 12.4 Å². The number of ether oxygens (including phenoxy) is 2. The summed E-state index contributed by atoms with van der Waals surface area (Å²) < 4.78 is 33.6. The minimum absolute atomic E-state index is 0.0851. The van der Waals surface area contributed by atoms with Gasteiger partial charge in [-0.2, -0.15) is 8.78 Å². The van der Waals surface area contributed by atoms with Crippen molar-refractivity contribution < 1.29 is 23.0 Å². The maximum absolute atomic E-state index is 12.2. The van der Waals surface area contributed by atoms with E-state index in [4.69, 9.17) is 4.74 Å². The first-order valence-electron chi connectivity index (χ1n) is 4.42. The molecule has 16 heavy (non-hydrogen) atoms. The highest BCUT2D eigenvalue weighted by atomic mass is 19.3. The van der Waals surface area contributed by atoms with E-state index in [2.05, 4.69) is 4.74 Å². The number of methoxy groups -OCH3 is 1. The van der Waals surface area contributed by atoms with E-state index in [1.54, 1.807) is 12.1 Å². The Balaban J connectivity index is 3.14. The highest BCUT2D eigenvalue weighted by Crippen LogP contribution is 2.33. The van der Waals surface area contributed by atoms with Crippen molar-refractivity contribution in [3.05, 3.63) is 29.8 Å². The monoisotopic (exact) mass is 228 g/mol. The number of hydrogen-bond acceptors (Lipinski definition) is 3. The van der Waals surface area contributed by atoms with Crippen LogP contribution in [0.1, 0.15) is 5.56 Å². The summed E-state index contributed by atoms with van der Waals surface area (Å²) in [6.45, 7) is -2.94. The molecule has 0 fully saturated rings. The summed E-state index contributed by atoms with van der Waals surface area (Å²) in [5, 5.41) is 0. The number of benzene rings is 1. The third-order valence-electron chi connectivity index (χ3n) is 1.79.